The van der Waals surface area contributed by atoms with Crippen LogP contribution in [0.1, 0.15) is 24.8 Å². The third-order valence-corrected chi connectivity index (χ3v) is 4.32. The number of aliphatic hydroxyl groups excluding tert-OH is 2. The fourth-order valence-corrected chi connectivity index (χ4v) is 3.07. The van der Waals surface area contributed by atoms with Gasteiger partial charge < -0.3 is 19.7 Å². The number of aliphatic hydroxyl groups is 2. The second-order valence-corrected chi connectivity index (χ2v) is 6.22. The van der Waals surface area contributed by atoms with Crippen LogP contribution in [0.4, 0.5) is 0 Å². The minimum Gasteiger partial charge on any atom is -0.459 e. The van der Waals surface area contributed by atoms with Crippen molar-refractivity contribution in [3.8, 4) is 0 Å². The molecule has 0 radical (unpaired) electrons. The van der Waals surface area contributed by atoms with Gasteiger partial charge in [0.25, 0.3) is 0 Å². The maximum atomic E-state index is 11.3. The van der Waals surface area contributed by atoms with Gasteiger partial charge in [0.1, 0.15) is 18.3 Å². The van der Waals surface area contributed by atoms with E-state index in [1.807, 2.05) is 36.4 Å². The van der Waals surface area contributed by atoms with Crippen molar-refractivity contribution in [1.82, 2.24) is 0 Å². The van der Waals surface area contributed by atoms with Gasteiger partial charge in [0, 0.05) is 25.3 Å². The minimum absolute atomic E-state index is 0.242. The van der Waals surface area contributed by atoms with Gasteiger partial charge in [-0.15, -0.1) is 0 Å². The Balaban J connectivity index is 1.62. The molecule has 5 nitrogen and oxygen atoms in total. The van der Waals surface area contributed by atoms with Gasteiger partial charge >= 0.3 is 5.97 Å². The summed E-state index contributed by atoms with van der Waals surface area (Å²) < 4.78 is 11.2. The molecule has 24 heavy (non-hydrogen) atoms. The molecule has 0 aliphatic carbocycles. The lowest BCUT2D eigenvalue weighted by atomic mass is 9.93. The maximum Gasteiger partial charge on any atom is 0.330 e. The van der Waals surface area contributed by atoms with Crippen molar-refractivity contribution >= 4 is 12.0 Å². The first-order valence-corrected chi connectivity index (χ1v) is 8.24. The van der Waals surface area contributed by atoms with E-state index in [0.29, 0.717) is 19.3 Å². The molecule has 0 bridgehead atoms. The summed E-state index contributed by atoms with van der Waals surface area (Å²) in [6.07, 6.45) is 5.41. The van der Waals surface area contributed by atoms with Crippen LogP contribution in [-0.4, -0.2) is 46.7 Å². The molecule has 2 heterocycles. The Morgan fingerprint density at radius 1 is 1.17 bits per heavy atom. The van der Waals surface area contributed by atoms with Crippen molar-refractivity contribution in [2.24, 2.45) is 0 Å². The van der Waals surface area contributed by atoms with Crippen LogP contribution in [-0.2, 0) is 14.3 Å². The molecule has 3 rings (SSSR count). The highest BCUT2D eigenvalue weighted by molar-refractivity contribution is 5.82. The van der Waals surface area contributed by atoms with Crippen molar-refractivity contribution < 1.29 is 24.5 Å². The smallest absolute Gasteiger partial charge is 0.330 e. The Hall–Kier alpha value is -1.95. The molecule has 2 N–H and O–H groups in total. The number of hydrogen-bond donors (Lipinski definition) is 2. The summed E-state index contributed by atoms with van der Waals surface area (Å²) in [5.41, 5.74) is 0.997. The lowest BCUT2D eigenvalue weighted by molar-refractivity contribution is -0.165. The molecule has 0 unspecified atom stereocenters. The van der Waals surface area contributed by atoms with Crippen molar-refractivity contribution in [3.05, 3.63) is 54.1 Å². The molecular weight excluding hydrogens is 308 g/mol. The summed E-state index contributed by atoms with van der Waals surface area (Å²) in [4.78, 5) is 11.3. The highest BCUT2D eigenvalue weighted by atomic mass is 16.5. The Kier molecular flexibility index (Phi) is 5.45. The van der Waals surface area contributed by atoms with Gasteiger partial charge in [0.15, 0.2) is 0 Å². The fraction of sp³-hybridized carbons (Fsp3) is 0.421. The van der Waals surface area contributed by atoms with Crippen LogP contribution in [0.3, 0.4) is 0 Å². The van der Waals surface area contributed by atoms with Gasteiger partial charge in [0.2, 0.25) is 0 Å². The van der Waals surface area contributed by atoms with Crippen LogP contribution < -0.4 is 0 Å². The van der Waals surface area contributed by atoms with E-state index in [1.54, 1.807) is 12.2 Å². The molecule has 128 valence electrons. The summed E-state index contributed by atoms with van der Waals surface area (Å²) in [7, 11) is 0. The molecule has 0 aromatic heterocycles. The summed E-state index contributed by atoms with van der Waals surface area (Å²) in [5, 5.41) is 20.3. The number of rotatable bonds is 4. The number of benzene rings is 1. The second kappa shape index (κ2) is 7.75. The molecule has 1 aromatic rings. The molecule has 1 fully saturated rings. The Labute approximate surface area is 141 Å². The van der Waals surface area contributed by atoms with Gasteiger partial charge in [-0.2, -0.15) is 0 Å². The summed E-state index contributed by atoms with van der Waals surface area (Å²) >= 11 is 0. The molecule has 5 heteroatoms. The first-order chi connectivity index (χ1) is 11.6. The number of cyclic esters (lactones) is 1. The van der Waals surface area contributed by atoms with Gasteiger partial charge in [-0.1, -0.05) is 48.6 Å². The molecule has 1 aromatic carbocycles. The van der Waals surface area contributed by atoms with Crippen molar-refractivity contribution in [2.75, 3.05) is 0 Å². The van der Waals surface area contributed by atoms with Crippen molar-refractivity contribution in [2.45, 2.75) is 49.8 Å². The molecule has 1 saturated heterocycles. The third kappa shape index (κ3) is 4.32. The van der Waals surface area contributed by atoms with E-state index in [4.69, 9.17) is 9.47 Å². The molecular formula is C19H22O5. The lowest BCUT2D eigenvalue weighted by Gasteiger charge is -2.37. The van der Waals surface area contributed by atoms with E-state index in [-0.39, 0.29) is 18.2 Å². The van der Waals surface area contributed by atoms with Crippen molar-refractivity contribution in [1.29, 1.82) is 0 Å². The highest BCUT2D eigenvalue weighted by Crippen LogP contribution is 2.27. The van der Waals surface area contributed by atoms with E-state index >= 15 is 0 Å². The summed E-state index contributed by atoms with van der Waals surface area (Å²) in [6.45, 7) is 0. The first kappa shape index (κ1) is 16.9. The van der Waals surface area contributed by atoms with E-state index in [0.717, 1.165) is 5.56 Å². The van der Waals surface area contributed by atoms with Gasteiger partial charge in [-0.05, 0) is 5.56 Å². The predicted molar refractivity (Wildman–Crippen MR) is 89.0 cm³/mol. The molecule has 5 atom stereocenters. The number of carbonyl (C=O) groups is 1. The number of hydrogen-bond acceptors (Lipinski definition) is 5. The molecule has 2 aliphatic rings. The van der Waals surface area contributed by atoms with E-state index in [1.165, 1.54) is 6.08 Å². The van der Waals surface area contributed by atoms with E-state index in [2.05, 4.69) is 0 Å². The standard InChI is InChI=1S/C19H22O5/c20-16-12-15(11-14-7-4-8-18(21)24-14)23-17(19(16)22)10-9-13-5-2-1-3-6-13/h1-6,8-10,14-17,19-20,22H,7,11-12H2/b10-9+/t14-,15-,16+,17+,19+/m1/s1. The van der Waals surface area contributed by atoms with Crippen LogP contribution >= 0.6 is 0 Å². The average Bonchev–Trinajstić information content (AvgIpc) is 2.58. The van der Waals surface area contributed by atoms with Gasteiger partial charge in [0.05, 0.1) is 12.2 Å². The molecule has 0 amide bonds. The molecule has 2 aliphatic heterocycles. The van der Waals surface area contributed by atoms with Gasteiger partial charge in [-0.25, -0.2) is 4.79 Å². The number of carbonyl (C=O) groups excluding carboxylic acids is 1. The van der Waals surface area contributed by atoms with Crippen LogP contribution in [0.2, 0.25) is 0 Å². The monoisotopic (exact) mass is 330 g/mol. The van der Waals surface area contributed by atoms with Crippen LogP contribution in [0.25, 0.3) is 6.08 Å². The summed E-state index contributed by atoms with van der Waals surface area (Å²) in [6, 6.07) is 9.70. The minimum atomic E-state index is -0.963. The largest absolute Gasteiger partial charge is 0.459 e. The van der Waals surface area contributed by atoms with Crippen LogP contribution in [0.15, 0.2) is 48.6 Å². The predicted octanol–water partition coefficient (Wildman–Crippen LogP) is 1.84. The topological polar surface area (TPSA) is 76.0 Å². The van der Waals surface area contributed by atoms with Crippen LogP contribution in [0.5, 0.6) is 0 Å². The SMILES string of the molecule is O=C1C=CC[C@H](C[C@@H]2C[C@H](O)[C@H](O)[C@H](/C=C/c3ccccc3)O2)O1. The fourth-order valence-electron chi connectivity index (χ4n) is 3.07. The normalized spacial score (nSPS) is 33.6. The second-order valence-electron chi connectivity index (χ2n) is 6.22. The Morgan fingerprint density at radius 3 is 2.71 bits per heavy atom. The number of ether oxygens (including phenoxy) is 2. The zero-order chi connectivity index (χ0) is 16.9. The summed E-state index contributed by atoms with van der Waals surface area (Å²) in [5.74, 6) is -0.344. The Morgan fingerprint density at radius 2 is 1.96 bits per heavy atom. The average molecular weight is 330 g/mol. The van der Waals surface area contributed by atoms with E-state index < -0.39 is 18.3 Å². The molecule has 0 spiro atoms. The first-order valence-electron chi connectivity index (χ1n) is 8.24. The Bertz CT molecular complexity index is 609. The molecule has 0 saturated carbocycles. The zero-order valence-electron chi connectivity index (χ0n) is 13.3. The third-order valence-electron chi connectivity index (χ3n) is 4.32. The highest BCUT2D eigenvalue weighted by Gasteiger charge is 2.36. The lowest BCUT2D eigenvalue weighted by Crippen LogP contribution is -2.48. The zero-order valence-corrected chi connectivity index (χ0v) is 13.3. The number of esters is 1. The maximum absolute atomic E-state index is 11.3. The van der Waals surface area contributed by atoms with Gasteiger partial charge in [-0.3, -0.25) is 0 Å². The van der Waals surface area contributed by atoms with Crippen molar-refractivity contribution in [3.63, 3.8) is 0 Å². The van der Waals surface area contributed by atoms with E-state index in [9.17, 15) is 15.0 Å². The van der Waals surface area contributed by atoms with Crippen LogP contribution in [0, 0.1) is 0 Å². The quantitative estimate of drug-likeness (QED) is 0.824.